The Hall–Kier alpha value is -1.53. The molecule has 1 aromatic rings. The molecule has 1 aromatic carbocycles. The number of esters is 1. The average molecular weight is 269 g/mol. The van der Waals surface area contributed by atoms with Gasteiger partial charge in [0.05, 0.1) is 7.11 Å². The van der Waals surface area contributed by atoms with Gasteiger partial charge in [-0.05, 0) is 24.3 Å². The SMILES string of the molecule is COC(=O)C(=O)c1ccc([S+](=O)(O)C2CC2)cc1. The van der Waals surface area contributed by atoms with E-state index in [0.717, 1.165) is 20.0 Å². The maximum atomic E-state index is 12.0. The van der Waals surface area contributed by atoms with Gasteiger partial charge in [-0.15, -0.1) is 0 Å². The third-order valence-corrected chi connectivity index (χ3v) is 5.12. The number of Topliss-reactive ketones (excluding diaryl/α,β-unsaturated/α-hetero) is 1. The van der Waals surface area contributed by atoms with Crippen molar-refractivity contribution in [2.24, 2.45) is 0 Å². The maximum Gasteiger partial charge on any atom is 0.379 e. The summed E-state index contributed by atoms with van der Waals surface area (Å²) in [5.41, 5.74) is 0.150. The smallest absolute Gasteiger partial charge is 0.379 e. The molecule has 1 fully saturated rings. The fourth-order valence-corrected chi connectivity index (χ4v) is 3.28. The second-order valence-corrected chi connectivity index (χ2v) is 6.39. The van der Waals surface area contributed by atoms with Crippen LogP contribution in [-0.2, 0) is 24.0 Å². The summed E-state index contributed by atoms with van der Waals surface area (Å²) in [5.74, 6) is -1.71. The van der Waals surface area contributed by atoms with Crippen molar-refractivity contribution in [2.45, 2.75) is 23.0 Å². The molecule has 1 aliphatic carbocycles. The fraction of sp³-hybridized carbons (Fsp3) is 0.333. The lowest BCUT2D eigenvalue weighted by atomic mass is 10.1. The summed E-state index contributed by atoms with van der Waals surface area (Å²) in [6, 6.07) is 5.56. The minimum absolute atomic E-state index is 0.150. The van der Waals surface area contributed by atoms with Gasteiger partial charge >= 0.3 is 5.97 Å². The molecule has 0 radical (unpaired) electrons. The summed E-state index contributed by atoms with van der Waals surface area (Å²) in [6.45, 7) is 0. The first-order valence-electron chi connectivity index (χ1n) is 5.45. The number of hydrogen-bond donors (Lipinski definition) is 1. The molecule has 1 unspecified atom stereocenters. The lowest BCUT2D eigenvalue weighted by molar-refractivity contribution is -0.135. The highest BCUT2D eigenvalue weighted by Crippen LogP contribution is 2.37. The molecule has 96 valence electrons. The molecule has 0 spiro atoms. The van der Waals surface area contributed by atoms with Crippen LogP contribution in [0, 0.1) is 0 Å². The molecule has 0 bridgehead atoms. The van der Waals surface area contributed by atoms with Crippen molar-refractivity contribution in [2.75, 3.05) is 7.11 Å². The van der Waals surface area contributed by atoms with E-state index in [4.69, 9.17) is 0 Å². The van der Waals surface area contributed by atoms with Gasteiger partial charge in [0.1, 0.15) is 0 Å². The third kappa shape index (κ3) is 2.34. The van der Waals surface area contributed by atoms with Gasteiger partial charge in [0.2, 0.25) is 0 Å². The molecule has 1 atom stereocenters. The van der Waals surface area contributed by atoms with Crippen LogP contribution in [0.5, 0.6) is 0 Å². The topological polar surface area (TPSA) is 80.7 Å². The molecule has 1 saturated carbocycles. The van der Waals surface area contributed by atoms with Crippen LogP contribution in [0.4, 0.5) is 0 Å². The van der Waals surface area contributed by atoms with Crippen LogP contribution in [0.3, 0.4) is 0 Å². The van der Waals surface area contributed by atoms with E-state index in [0.29, 0.717) is 4.90 Å². The summed E-state index contributed by atoms with van der Waals surface area (Å²) >= 11 is 0. The Balaban J connectivity index is 2.22. The standard InChI is InChI=1S/C12H12O5S/c1-17-12(14)11(13)8-2-4-9(5-3-8)18(15,16)10-6-7-10/h2-5,10H,6-7H2,1H3/p+1. The van der Waals surface area contributed by atoms with Crippen LogP contribution in [0.2, 0.25) is 0 Å². The van der Waals surface area contributed by atoms with Crippen LogP contribution < -0.4 is 0 Å². The highest BCUT2D eigenvalue weighted by atomic mass is 32.3. The number of hydrogen-bond acceptors (Lipinski definition) is 4. The Morgan fingerprint density at radius 3 is 2.28 bits per heavy atom. The lowest BCUT2D eigenvalue weighted by Crippen LogP contribution is -2.17. The van der Waals surface area contributed by atoms with E-state index in [1.165, 1.54) is 24.3 Å². The molecule has 2 rings (SSSR count). The average Bonchev–Trinajstić information content (AvgIpc) is 3.21. The van der Waals surface area contributed by atoms with Crippen LogP contribution in [-0.4, -0.2) is 28.7 Å². The minimum atomic E-state index is -3.01. The first kappa shape index (κ1) is 12.9. The van der Waals surface area contributed by atoms with Gasteiger partial charge in [0.15, 0.2) is 10.1 Å². The molecule has 0 amide bonds. The molecule has 1 aliphatic rings. The number of ketones is 1. The molecule has 6 heteroatoms. The zero-order valence-corrected chi connectivity index (χ0v) is 10.6. The van der Waals surface area contributed by atoms with Gasteiger partial charge < -0.3 is 4.74 Å². The van der Waals surface area contributed by atoms with E-state index in [2.05, 4.69) is 4.74 Å². The second-order valence-electron chi connectivity index (χ2n) is 4.11. The van der Waals surface area contributed by atoms with Crippen molar-refractivity contribution in [1.82, 2.24) is 0 Å². The van der Waals surface area contributed by atoms with E-state index >= 15 is 0 Å². The molecule has 0 saturated heterocycles. The molecule has 1 N–H and O–H groups in total. The van der Waals surface area contributed by atoms with E-state index in [1.807, 2.05) is 0 Å². The van der Waals surface area contributed by atoms with Gasteiger partial charge in [-0.1, -0.05) is 4.21 Å². The molecule has 0 aliphatic heterocycles. The van der Waals surface area contributed by atoms with Crippen molar-refractivity contribution in [1.29, 1.82) is 0 Å². The number of carbonyl (C=O) groups is 2. The van der Waals surface area contributed by atoms with Crippen molar-refractivity contribution in [3.05, 3.63) is 29.8 Å². The molecule has 18 heavy (non-hydrogen) atoms. The third-order valence-electron chi connectivity index (χ3n) is 2.80. The first-order valence-corrected chi connectivity index (χ1v) is 7.03. The summed E-state index contributed by atoms with van der Waals surface area (Å²) in [7, 11) is -1.88. The number of rotatable bonds is 4. The van der Waals surface area contributed by atoms with Crippen LogP contribution >= 0.6 is 0 Å². The van der Waals surface area contributed by atoms with Crippen molar-refractivity contribution < 1.29 is 23.1 Å². The predicted octanol–water partition coefficient (Wildman–Crippen LogP) is 1.54. The highest BCUT2D eigenvalue weighted by Gasteiger charge is 2.48. The summed E-state index contributed by atoms with van der Waals surface area (Å²) in [6.07, 6.45) is 1.50. The van der Waals surface area contributed by atoms with E-state index < -0.39 is 22.0 Å². The molecule has 5 nitrogen and oxygen atoms in total. The van der Waals surface area contributed by atoms with Crippen LogP contribution in [0.1, 0.15) is 23.2 Å². The van der Waals surface area contributed by atoms with Gasteiger partial charge in [-0.25, -0.2) is 4.79 Å². The molecular weight excluding hydrogens is 256 g/mol. The van der Waals surface area contributed by atoms with Gasteiger partial charge in [-0.3, -0.25) is 4.79 Å². The highest BCUT2D eigenvalue weighted by molar-refractivity contribution is 7.98. The Bertz CT molecular complexity index is 530. The maximum absolute atomic E-state index is 12.0. The Labute approximate surface area is 105 Å². The normalized spacial score (nSPS) is 17.9. The Kier molecular flexibility index (Phi) is 3.32. The summed E-state index contributed by atoms with van der Waals surface area (Å²) in [4.78, 5) is 22.8. The largest absolute Gasteiger partial charge is 0.463 e. The monoisotopic (exact) mass is 269 g/mol. The van der Waals surface area contributed by atoms with E-state index in [-0.39, 0.29) is 10.8 Å². The quantitative estimate of drug-likeness (QED) is 0.388. The zero-order valence-electron chi connectivity index (χ0n) is 9.79. The zero-order chi connectivity index (χ0) is 13.3. The predicted molar refractivity (Wildman–Crippen MR) is 64.8 cm³/mol. The van der Waals surface area contributed by atoms with Crippen LogP contribution in [0.15, 0.2) is 29.2 Å². The van der Waals surface area contributed by atoms with Gasteiger partial charge in [0, 0.05) is 18.4 Å². The van der Waals surface area contributed by atoms with E-state index in [1.54, 1.807) is 0 Å². The number of methoxy groups -OCH3 is 1. The first-order chi connectivity index (χ1) is 8.46. The number of ether oxygens (including phenoxy) is 1. The molecular formula is C12H13O5S+. The number of benzene rings is 1. The van der Waals surface area contributed by atoms with Gasteiger partial charge in [-0.2, -0.15) is 4.55 Å². The Morgan fingerprint density at radius 2 is 1.83 bits per heavy atom. The minimum Gasteiger partial charge on any atom is -0.463 e. The van der Waals surface area contributed by atoms with E-state index in [9.17, 15) is 18.4 Å². The second kappa shape index (κ2) is 4.62. The van der Waals surface area contributed by atoms with Crippen molar-refractivity contribution >= 4 is 22.0 Å². The fourth-order valence-electron chi connectivity index (χ4n) is 1.59. The van der Waals surface area contributed by atoms with Gasteiger partial charge in [0.25, 0.3) is 16.0 Å². The Morgan fingerprint density at radius 1 is 1.28 bits per heavy atom. The lowest BCUT2D eigenvalue weighted by Gasteiger charge is -2.03. The summed E-state index contributed by atoms with van der Waals surface area (Å²) in [5, 5.41) is -0.181. The number of carbonyl (C=O) groups excluding carboxylic acids is 2. The van der Waals surface area contributed by atoms with Crippen LogP contribution in [0.25, 0.3) is 0 Å². The molecule has 0 heterocycles. The summed E-state index contributed by atoms with van der Waals surface area (Å²) < 4.78 is 26.2. The molecule has 0 aromatic heterocycles. The van der Waals surface area contributed by atoms with Crippen molar-refractivity contribution in [3.63, 3.8) is 0 Å². The van der Waals surface area contributed by atoms with Crippen molar-refractivity contribution in [3.8, 4) is 0 Å².